The van der Waals surface area contributed by atoms with Crippen LogP contribution in [-0.4, -0.2) is 41.0 Å². The second-order valence-corrected chi connectivity index (χ2v) is 7.81. The normalized spacial score (nSPS) is 16.1. The Kier molecular flexibility index (Phi) is 7.62. The molecule has 0 saturated carbocycles. The van der Waals surface area contributed by atoms with Crippen molar-refractivity contribution in [2.45, 2.75) is 25.9 Å². The third-order valence-corrected chi connectivity index (χ3v) is 5.43. The average molecular weight is 446 g/mol. The molecule has 30 heavy (non-hydrogen) atoms. The Bertz CT molecular complexity index is 925. The fraction of sp³-hybridized carbons (Fsp3) is 0.286. The molecule has 2 aromatic rings. The number of carbonyl (C=O) groups excluding carboxylic acids is 2. The number of nitrogens with zero attached hydrogens (tertiary/aromatic N) is 1. The van der Waals surface area contributed by atoms with Gasteiger partial charge in [-0.25, -0.2) is 0 Å². The molecule has 1 unspecified atom stereocenters. The first-order valence-corrected chi connectivity index (χ1v) is 10.4. The first-order chi connectivity index (χ1) is 14.4. The number of hydrazine groups is 1. The van der Waals surface area contributed by atoms with Crippen molar-refractivity contribution in [2.24, 2.45) is 0 Å². The minimum atomic E-state index is -0.569. The van der Waals surface area contributed by atoms with Gasteiger partial charge in [0, 0.05) is 30.3 Å². The lowest BCUT2D eigenvalue weighted by Crippen LogP contribution is -2.56. The summed E-state index contributed by atoms with van der Waals surface area (Å²) < 4.78 is 0. The Balaban J connectivity index is 1.47. The van der Waals surface area contributed by atoms with E-state index in [0.29, 0.717) is 24.7 Å². The molecule has 158 valence electrons. The number of nitrogens with one attached hydrogen (secondary N) is 4. The van der Waals surface area contributed by atoms with Crippen molar-refractivity contribution in [3.8, 4) is 0 Å². The highest BCUT2D eigenvalue weighted by Gasteiger charge is 2.30. The van der Waals surface area contributed by atoms with Gasteiger partial charge in [0.05, 0.1) is 12.5 Å². The molecule has 0 radical (unpaired) electrons. The molecule has 1 aliphatic heterocycles. The summed E-state index contributed by atoms with van der Waals surface area (Å²) in [5.74, 6) is -0.426. The maximum atomic E-state index is 12.7. The van der Waals surface area contributed by atoms with Gasteiger partial charge < -0.3 is 15.5 Å². The monoisotopic (exact) mass is 445 g/mol. The van der Waals surface area contributed by atoms with Crippen molar-refractivity contribution in [3.05, 3.63) is 64.7 Å². The molecule has 9 heteroatoms. The molecule has 2 aromatic carbocycles. The van der Waals surface area contributed by atoms with Gasteiger partial charge in [-0.1, -0.05) is 48.0 Å². The number of thiocarbonyl (C=S) groups is 1. The highest BCUT2D eigenvalue weighted by atomic mass is 35.5. The van der Waals surface area contributed by atoms with E-state index in [9.17, 15) is 9.59 Å². The van der Waals surface area contributed by atoms with Crippen LogP contribution in [0.3, 0.4) is 0 Å². The highest BCUT2D eigenvalue weighted by molar-refractivity contribution is 7.80. The number of amides is 2. The molecule has 1 aliphatic rings. The van der Waals surface area contributed by atoms with E-state index in [1.54, 1.807) is 17.0 Å². The Labute approximate surface area is 186 Å². The van der Waals surface area contributed by atoms with Crippen LogP contribution in [0.5, 0.6) is 0 Å². The molecule has 1 fully saturated rings. The predicted molar refractivity (Wildman–Crippen MR) is 122 cm³/mol. The quantitative estimate of drug-likeness (QED) is 0.417. The number of carbonyl (C=O) groups is 2. The van der Waals surface area contributed by atoms with Crippen LogP contribution >= 0.6 is 23.8 Å². The largest absolute Gasteiger partial charge is 0.336 e. The van der Waals surface area contributed by atoms with Gasteiger partial charge in [0.25, 0.3) is 0 Å². The minimum absolute atomic E-state index is 0.00985. The van der Waals surface area contributed by atoms with Crippen LogP contribution < -0.4 is 21.5 Å². The molecule has 0 aliphatic carbocycles. The van der Waals surface area contributed by atoms with Crippen LogP contribution in [0.2, 0.25) is 5.02 Å². The zero-order valence-corrected chi connectivity index (χ0v) is 18.1. The molecular formula is C21H24ClN5O2S. The van der Waals surface area contributed by atoms with E-state index in [-0.39, 0.29) is 23.3 Å². The Morgan fingerprint density at radius 1 is 1.20 bits per heavy atom. The summed E-state index contributed by atoms with van der Waals surface area (Å²) in [5, 5.41) is 6.94. The molecule has 7 nitrogen and oxygen atoms in total. The van der Waals surface area contributed by atoms with Crippen LogP contribution in [0.15, 0.2) is 48.5 Å². The van der Waals surface area contributed by atoms with E-state index in [2.05, 4.69) is 21.5 Å². The highest BCUT2D eigenvalue weighted by Crippen LogP contribution is 2.22. The molecular weight excluding hydrogens is 422 g/mol. The molecule has 0 bridgehead atoms. The fourth-order valence-electron chi connectivity index (χ4n) is 3.17. The van der Waals surface area contributed by atoms with Gasteiger partial charge in [-0.15, -0.1) is 0 Å². The van der Waals surface area contributed by atoms with Gasteiger partial charge >= 0.3 is 0 Å². The number of piperazine rings is 1. The van der Waals surface area contributed by atoms with Gasteiger partial charge in [0.15, 0.2) is 5.11 Å². The second-order valence-electron chi connectivity index (χ2n) is 7.00. The fourth-order valence-corrected chi connectivity index (χ4v) is 3.51. The van der Waals surface area contributed by atoms with E-state index in [0.717, 1.165) is 16.8 Å². The zero-order valence-electron chi connectivity index (χ0n) is 16.6. The van der Waals surface area contributed by atoms with Crippen molar-refractivity contribution < 1.29 is 9.59 Å². The second kappa shape index (κ2) is 10.4. The van der Waals surface area contributed by atoms with Crippen LogP contribution in [0.1, 0.15) is 17.5 Å². The summed E-state index contributed by atoms with van der Waals surface area (Å²) in [7, 11) is 0. The molecule has 3 rings (SSSR count). The number of hydrogen-bond acceptors (Lipinski definition) is 4. The van der Waals surface area contributed by atoms with Crippen LogP contribution in [0, 0.1) is 6.92 Å². The number of hydrogen-bond donors (Lipinski definition) is 4. The molecule has 1 saturated heterocycles. The topological polar surface area (TPSA) is 85.5 Å². The van der Waals surface area contributed by atoms with Gasteiger partial charge in [0.1, 0.15) is 0 Å². The van der Waals surface area contributed by atoms with Gasteiger partial charge in [0.2, 0.25) is 11.8 Å². The minimum Gasteiger partial charge on any atom is -0.336 e. The van der Waals surface area contributed by atoms with Crippen molar-refractivity contribution in [1.82, 2.24) is 21.1 Å². The van der Waals surface area contributed by atoms with Crippen LogP contribution in [-0.2, 0) is 16.1 Å². The maximum absolute atomic E-state index is 12.7. The van der Waals surface area contributed by atoms with Crippen molar-refractivity contribution in [2.75, 3.05) is 18.4 Å². The summed E-state index contributed by atoms with van der Waals surface area (Å²) >= 11 is 11.3. The Morgan fingerprint density at radius 3 is 2.73 bits per heavy atom. The first kappa shape index (κ1) is 22.0. The average Bonchev–Trinajstić information content (AvgIpc) is 2.74. The predicted octanol–water partition coefficient (Wildman–Crippen LogP) is 2.36. The third kappa shape index (κ3) is 5.91. The smallest absolute Gasteiger partial charge is 0.240 e. The van der Waals surface area contributed by atoms with Crippen molar-refractivity contribution >= 4 is 46.4 Å². The lowest BCUT2D eigenvalue weighted by atomic mass is 10.1. The lowest BCUT2D eigenvalue weighted by Gasteiger charge is -2.33. The van der Waals surface area contributed by atoms with Crippen LogP contribution in [0.25, 0.3) is 0 Å². The van der Waals surface area contributed by atoms with Gasteiger partial charge in [-0.2, -0.15) is 0 Å². The summed E-state index contributed by atoms with van der Waals surface area (Å²) in [5.41, 5.74) is 7.85. The maximum Gasteiger partial charge on any atom is 0.240 e. The number of halogens is 1. The molecule has 0 spiro atoms. The Hall–Kier alpha value is -2.68. The van der Waals surface area contributed by atoms with E-state index in [4.69, 9.17) is 23.8 Å². The number of benzene rings is 2. The van der Waals surface area contributed by atoms with E-state index in [1.165, 1.54) is 0 Å². The van der Waals surface area contributed by atoms with E-state index in [1.807, 2.05) is 43.3 Å². The van der Waals surface area contributed by atoms with E-state index < -0.39 is 6.04 Å². The first-order valence-electron chi connectivity index (χ1n) is 9.61. The molecule has 1 heterocycles. The molecule has 2 amide bonds. The van der Waals surface area contributed by atoms with Crippen molar-refractivity contribution in [3.63, 3.8) is 0 Å². The van der Waals surface area contributed by atoms with Crippen LogP contribution in [0.4, 0.5) is 5.69 Å². The van der Waals surface area contributed by atoms with Gasteiger partial charge in [-0.3, -0.25) is 20.4 Å². The summed E-state index contributed by atoms with van der Waals surface area (Å²) in [6.45, 7) is 3.65. The van der Waals surface area contributed by atoms with E-state index >= 15 is 0 Å². The number of anilines is 1. The molecule has 0 aromatic heterocycles. The molecule has 1 atom stereocenters. The summed E-state index contributed by atoms with van der Waals surface area (Å²) in [4.78, 5) is 26.8. The summed E-state index contributed by atoms with van der Waals surface area (Å²) in [6, 6.07) is 14.7. The SMILES string of the molecule is Cc1c(Cl)cccc1NC(=S)NNC(=O)CC1NCCN(Cc2ccccc2)C1=O. The zero-order chi connectivity index (χ0) is 21.5. The lowest BCUT2D eigenvalue weighted by molar-refractivity contribution is -0.138. The Morgan fingerprint density at radius 2 is 1.97 bits per heavy atom. The van der Waals surface area contributed by atoms with Crippen molar-refractivity contribution in [1.29, 1.82) is 0 Å². The standard InChI is InChI=1S/C21H24ClN5O2S/c1-14-16(22)8-5-9-17(14)24-21(30)26-25-19(28)12-18-20(29)27(11-10-23-18)13-15-6-3-2-4-7-15/h2-9,18,23H,10-13H2,1H3,(H,25,28)(H2,24,26,30). The number of rotatable bonds is 5. The third-order valence-electron chi connectivity index (χ3n) is 4.82. The van der Waals surface area contributed by atoms with Gasteiger partial charge in [-0.05, 0) is 42.4 Å². The molecule has 4 N–H and O–H groups in total. The summed E-state index contributed by atoms with van der Waals surface area (Å²) in [6.07, 6.45) is 0.00985.